The molecule has 3 nitrogen and oxygen atoms in total. The first kappa shape index (κ1) is 10.7. The number of piperidine rings is 1. The zero-order valence-corrected chi connectivity index (χ0v) is 9.10. The first-order valence-corrected chi connectivity index (χ1v) is 5.53. The Hall–Kier alpha value is -1.77. The van der Waals surface area contributed by atoms with Crippen LogP contribution in [-0.2, 0) is 0 Å². The van der Waals surface area contributed by atoms with Gasteiger partial charge in [0, 0.05) is 12.2 Å². The number of rotatable bonds is 1. The molecular formula is C13H15NO2. The monoisotopic (exact) mass is 217 g/mol. The molecule has 1 N–H and O–H groups in total. The van der Waals surface area contributed by atoms with Crippen molar-refractivity contribution >= 4 is 12.2 Å². The van der Waals surface area contributed by atoms with Crippen molar-refractivity contribution in [3.63, 3.8) is 0 Å². The van der Waals surface area contributed by atoms with Crippen molar-refractivity contribution in [2.45, 2.75) is 19.3 Å². The lowest BCUT2D eigenvalue weighted by Gasteiger charge is -2.27. The average Bonchev–Trinajstić information content (AvgIpc) is 2.31. The molecule has 1 heterocycles. The molecule has 0 aliphatic carbocycles. The van der Waals surface area contributed by atoms with Crippen molar-refractivity contribution in [1.29, 1.82) is 0 Å². The Balaban J connectivity index is 2.23. The van der Waals surface area contributed by atoms with Gasteiger partial charge in [-0.25, -0.2) is 4.79 Å². The summed E-state index contributed by atoms with van der Waals surface area (Å²) in [5.41, 5.74) is 1.97. The molecule has 1 aliphatic heterocycles. The quantitative estimate of drug-likeness (QED) is 0.784. The number of carbonyl (C=O) groups is 1. The van der Waals surface area contributed by atoms with Crippen LogP contribution in [0, 0.1) is 0 Å². The lowest BCUT2D eigenvalue weighted by atomic mass is 10.1. The third kappa shape index (κ3) is 2.42. The van der Waals surface area contributed by atoms with E-state index in [4.69, 9.17) is 5.11 Å². The Bertz CT molecular complexity index is 398. The van der Waals surface area contributed by atoms with Crippen LogP contribution >= 0.6 is 0 Å². The highest BCUT2D eigenvalue weighted by Crippen LogP contribution is 2.22. The van der Waals surface area contributed by atoms with Crippen LogP contribution in [0.4, 0.5) is 4.79 Å². The fourth-order valence-corrected chi connectivity index (χ4v) is 1.96. The summed E-state index contributed by atoms with van der Waals surface area (Å²) in [5, 5.41) is 9.07. The molecule has 1 amide bonds. The van der Waals surface area contributed by atoms with Gasteiger partial charge >= 0.3 is 6.09 Å². The molecule has 0 saturated carbocycles. The highest BCUT2D eigenvalue weighted by Gasteiger charge is 2.20. The lowest BCUT2D eigenvalue weighted by Crippen LogP contribution is -2.32. The van der Waals surface area contributed by atoms with E-state index in [0.29, 0.717) is 6.54 Å². The highest BCUT2D eigenvalue weighted by atomic mass is 16.4. The standard InChI is InChI=1S/C13H15NO2/c15-13(16)14-9-5-4-8-12(14)10-11-6-2-1-3-7-11/h1-3,6-7,10H,4-5,8-9H2,(H,15,16). The summed E-state index contributed by atoms with van der Waals surface area (Å²) in [6, 6.07) is 9.85. The second-order valence-electron chi connectivity index (χ2n) is 3.94. The normalized spacial score (nSPS) is 18.8. The number of allylic oxidation sites excluding steroid dienone is 1. The van der Waals surface area contributed by atoms with E-state index < -0.39 is 6.09 Å². The number of carboxylic acid groups (broad SMARTS) is 1. The molecule has 84 valence electrons. The van der Waals surface area contributed by atoms with Gasteiger partial charge in [0.15, 0.2) is 0 Å². The van der Waals surface area contributed by atoms with E-state index in [0.717, 1.165) is 30.5 Å². The van der Waals surface area contributed by atoms with Gasteiger partial charge in [0.25, 0.3) is 0 Å². The van der Waals surface area contributed by atoms with E-state index in [1.54, 1.807) is 0 Å². The largest absolute Gasteiger partial charge is 0.465 e. The van der Waals surface area contributed by atoms with Crippen molar-refractivity contribution in [3.05, 3.63) is 41.6 Å². The number of amides is 1. The zero-order valence-electron chi connectivity index (χ0n) is 9.10. The van der Waals surface area contributed by atoms with Gasteiger partial charge in [0.2, 0.25) is 0 Å². The molecule has 0 radical (unpaired) electrons. The molecule has 0 spiro atoms. The van der Waals surface area contributed by atoms with Crippen LogP contribution in [0.2, 0.25) is 0 Å². The van der Waals surface area contributed by atoms with Crippen molar-refractivity contribution in [3.8, 4) is 0 Å². The van der Waals surface area contributed by atoms with Gasteiger partial charge < -0.3 is 5.11 Å². The smallest absolute Gasteiger partial charge is 0.411 e. The van der Waals surface area contributed by atoms with Gasteiger partial charge in [-0.2, -0.15) is 0 Å². The van der Waals surface area contributed by atoms with Crippen LogP contribution in [0.3, 0.4) is 0 Å². The van der Waals surface area contributed by atoms with Gasteiger partial charge in [-0.05, 0) is 30.9 Å². The molecule has 0 bridgehead atoms. The molecule has 1 saturated heterocycles. The van der Waals surface area contributed by atoms with Crippen molar-refractivity contribution in [2.24, 2.45) is 0 Å². The summed E-state index contributed by atoms with van der Waals surface area (Å²) in [6.45, 7) is 0.619. The van der Waals surface area contributed by atoms with E-state index in [2.05, 4.69) is 0 Å². The Morgan fingerprint density at radius 2 is 2.00 bits per heavy atom. The van der Waals surface area contributed by atoms with Crippen LogP contribution < -0.4 is 0 Å². The van der Waals surface area contributed by atoms with E-state index in [1.807, 2.05) is 36.4 Å². The van der Waals surface area contributed by atoms with Crippen molar-refractivity contribution in [1.82, 2.24) is 4.90 Å². The number of likely N-dealkylation sites (tertiary alicyclic amines) is 1. The molecule has 1 aliphatic rings. The molecule has 1 aromatic carbocycles. The second kappa shape index (κ2) is 4.84. The van der Waals surface area contributed by atoms with E-state index >= 15 is 0 Å². The van der Waals surface area contributed by atoms with Gasteiger partial charge in [-0.15, -0.1) is 0 Å². The lowest BCUT2D eigenvalue weighted by molar-refractivity contribution is 0.152. The molecule has 0 atom stereocenters. The molecule has 1 aromatic rings. The minimum absolute atomic E-state index is 0.619. The van der Waals surface area contributed by atoms with Crippen LogP contribution in [0.5, 0.6) is 0 Å². The topological polar surface area (TPSA) is 40.5 Å². The Kier molecular flexibility index (Phi) is 3.25. The van der Waals surface area contributed by atoms with Crippen LogP contribution in [-0.4, -0.2) is 22.6 Å². The molecule has 3 heteroatoms. The van der Waals surface area contributed by atoms with Gasteiger partial charge in [0.1, 0.15) is 0 Å². The minimum Gasteiger partial charge on any atom is -0.465 e. The van der Waals surface area contributed by atoms with Gasteiger partial charge in [-0.1, -0.05) is 30.3 Å². The molecule has 1 fully saturated rings. The number of hydrogen-bond donors (Lipinski definition) is 1. The number of hydrogen-bond acceptors (Lipinski definition) is 1. The predicted octanol–water partition coefficient (Wildman–Crippen LogP) is 3.19. The first-order valence-electron chi connectivity index (χ1n) is 5.53. The molecule has 0 aromatic heterocycles. The molecule has 16 heavy (non-hydrogen) atoms. The van der Waals surface area contributed by atoms with Crippen LogP contribution in [0.15, 0.2) is 36.0 Å². The van der Waals surface area contributed by atoms with Crippen molar-refractivity contribution < 1.29 is 9.90 Å². The highest BCUT2D eigenvalue weighted by molar-refractivity contribution is 5.70. The number of nitrogens with zero attached hydrogens (tertiary/aromatic N) is 1. The maximum absolute atomic E-state index is 11.0. The average molecular weight is 217 g/mol. The minimum atomic E-state index is -0.845. The third-order valence-electron chi connectivity index (χ3n) is 2.78. The third-order valence-corrected chi connectivity index (χ3v) is 2.78. The molecule has 0 unspecified atom stereocenters. The predicted molar refractivity (Wildman–Crippen MR) is 63.0 cm³/mol. The summed E-state index contributed by atoms with van der Waals surface area (Å²) in [4.78, 5) is 12.5. The van der Waals surface area contributed by atoms with Gasteiger partial charge in [0.05, 0.1) is 0 Å². The van der Waals surface area contributed by atoms with E-state index in [-0.39, 0.29) is 0 Å². The van der Waals surface area contributed by atoms with Crippen molar-refractivity contribution in [2.75, 3.05) is 6.54 Å². The molecular weight excluding hydrogens is 202 g/mol. The Morgan fingerprint density at radius 3 is 2.69 bits per heavy atom. The van der Waals surface area contributed by atoms with E-state index in [1.165, 1.54) is 4.90 Å². The summed E-state index contributed by atoms with van der Waals surface area (Å²) in [5.74, 6) is 0. The zero-order chi connectivity index (χ0) is 11.4. The molecule has 2 rings (SSSR count). The summed E-state index contributed by atoms with van der Waals surface area (Å²) >= 11 is 0. The summed E-state index contributed by atoms with van der Waals surface area (Å²) < 4.78 is 0. The number of benzene rings is 1. The Morgan fingerprint density at radius 1 is 1.25 bits per heavy atom. The maximum atomic E-state index is 11.0. The SMILES string of the molecule is O=C(O)N1CCCCC1=Cc1ccccc1. The maximum Gasteiger partial charge on any atom is 0.411 e. The van der Waals surface area contributed by atoms with Crippen LogP contribution in [0.25, 0.3) is 6.08 Å². The Labute approximate surface area is 95.0 Å². The fourth-order valence-electron chi connectivity index (χ4n) is 1.96. The van der Waals surface area contributed by atoms with Crippen LogP contribution in [0.1, 0.15) is 24.8 Å². The first-order chi connectivity index (χ1) is 7.77. The summed E-state index contributed by atoms with van der Waals surface area (Å²) in [6.07, 6.45) is 4.00. The fraction of sp³-hybridized carbons (Fsp3) is 0.308. The van der Waals surface area contributed by atoms with E-state index in [9.17, 15) is 4.79 Å². The second-order valence-corrected chi connectivity index (χ2v) is 3.94. The van der Waals surface area contributed by atoms with Gasteiger partial charge in [-0.3, -0.25) is 4.90 Å². The summed E-state index contributed by atoms with van der Waals surface area (Å²) in [7, 11) is 0.